The fourth-order valence-corrected chi connectivity index (χ4v) is 3.95. The molecule has 0 spiro atoms. The second kappa shape index (κ2) is 5.21. The molecule has 1 aromatic carbocycles. The zero-order chi connectivity index (χ0) is 13.4. The predicted molar refractivity (Wildman–Crippen MR) is 80.8 cm³/mol. The second-order valence-corrected chi connectivity index (χ2v) is 6.79. The van der Waals surface area contributed by atoms with Crippen LogP contribution in [0.2, 0.25) is 0 Å². The molecule has 0 unspecified atom stereocenters. The highest BCUT2D eigenvalue weighted by Crippen LogP contribution is 2.41. The van der Waals surface area contributed by atoms with Gasteiger partial charge in [0.1, 0.15) is 16.5 Å². The zero-order valence-electron chi connectivity index (χ0n) is 10.3. The van der Waals surface area contributed by atoms with Crippen LogP contribution in [0.1, 0.15) is 36.6 Å². The van der Waals surface area contributed by atoms with Crippen molar-refractivity contribution in [2.24, 2.45) is 0 Å². The van der Waals surface area contributed by atoms with Crippen LogP contribution in [0, 0.1) is 5.82 Å². The van der Waals surface area contributed by atoms with Crippen LogP contribution < -0.4 is 5.73 Å². The van der Waals surface area contributed by atoms with Gasteiger partial charge in [-0.25, -0.2) is 9.37 Å². The van der Waals surface area contributed by atoms with Crippen molar-refractivity contribution in [2.45, 2.75) is 31.6 Å². The van der Waals surface area contributed by atoms with Gasteiger partial charge in [-0.05, 0) is 47.0 Å². The van der Waals surface area contributed by atoms with Crippen LogP contribution in [0.25, 0.3) is 11.3 Å². The molecule has 0 saturated heterocycles. The topological polar surface area (TPSA) is 38.9 Å². The van der Waals surface area contributed by atoms with Gasteiger partial charge in [0.15, 0.2) is 0 Å². The normalized spacial score (nSPS) is 16.1. The van der Waals surface area contributed by atoms with Gasteiger partial charge < -0.3 is 5.73 Å². The molecule has 0 bridgehead atoms. The molecule has 0 aliphatic heterocycles. The van der Waals surface area contributed by atoms with E-state index in [0.717, 1.165) is 21.3 Å². The van der Waals surface area contributed by atoms with Crippen LogP contribution in [0.3, 0.4) is 0 Å². The lowest BCUT2D eigenvalue weighted by atomic mass is 10.1. The Hall–Kier alpha value is -0.940. The third-order valence-corrected chi connectivity index (χ3v) is 5.22. The highest BCUT2D eigenvalue weighted by molar-refractivity contribution is 9.10. The minimum absolute atomic E-state index is 0.270. The van der Waals surface area contributed by atoms with Crippen molar-refractivity contribution in [3.8, 4) is 11.3 Å². The van der Waals surface area contributed by atoms with E-state index in [-0.39, 0.29) is 5.82 Å². The number of rotatable bonds is 2. The number of aromatic nitrogens is 1. The van der Waals surface area contributed by atoms with Crippen molar-refractivity contribution < 1.29 is 4.39 Å². The molecule has 0 atom stereocenters. The number of nitrogens with two attached hydrogens (primary N) is 1. The maximum Gasteiger partial charge on any atom is 0.137 e. The van der Waals surface area contributed by atoms with Crippen LogP contribution >= 0.6 is 27.3 Å². The van der Waals surface area contributed by atoms with E-state index in [1.165, 1.54) is 31.7 Å². The van der Waals surface area contributed by atoms with Crippen molar-refractivity contribution in [3.63, 3.8) is 0 Å². The van der Waals surface area contributed by atoms with E-state index in [9.17, 15) is 4.39 Å². The number of anilines is 1. The number of halogens is 2. The Morgan fingerprint density at radius 3 is 2.74 bits per heavy atom. The average molecular weight is 341 g/mol. The molecule has 2 nitrogen and oxygen atoms in total. The third kappa shape index (κ3) is 2.54. The molecule has 1 aliphatic carbocycles. The summed E-state index contributed by atoms with van der Waals surface area (Å²) >= 11 is 4.77. The van der Waals surface area contributed by atoms with Gasteiger partial charge in [0.2, 0.25) is 0 Å². The standard InChI is InChI=1S/C14H14BrFN2S/c15-10-7-9(5-6-11(10)16)12-13(17)19-14(18-12)8-3-1-2-4-8/h5-8H,1-4,17H2. The summed E-state index contributed by atoms with van der Waals surface area (Å²) in [5.74, 6) is 0.290. The van der Waals surface area contributed by atoms with Gasteiger partial charge in [-0.15, -0.1) is 11.3 Å². The highest BCUT2D eigenvalue weighted by atomic mass is 79.9. The third-order valence-electron chi connectivity index (χ3n) is 3.57. The molecule has 0 radical (unpaired) electrons. The molecule has 1 heterocycles. The first-order valence-corrected chi connectivity index (χ1v) is 7.97. The summed E-state index contributed by atoms with van der Waals surface area (Å²) in [5.41, 5.74) is 7.73. The van der Waals surface area contributed by atoms with Crippen molar-refractivity contribution in [2.75, 3.05) is 5.73 Å². The summed E-state index contributed by atoms with van der Waals surface area (Å²) in [5, 5.41) is 1.85. The van der Waals surface area contributed by atoms with E-state index < -0.39 is 0 Å². The second-order valence-electron chi connectivity index (χ2n) is 4.88. The lowest BCUT2D eigenvalue weighted by molar-refractivity contribution is 0.621. The van der Waals surface area contributed by atoms with Gasteiger partial charge in [-0.1, -0.05) is 12.8 Å². The first kappa shape index (κ1) is 13.1. The minimum atomic E-state index is -0.270. The van der Waals surface area contributed by atoms with E-state index in [4.69, 9.17) is 5.73 Å². The van der Waals surface area contributed by atoms with E-state index in [1.54, 1.807) is 23.5 Å². The maximum absolute atomic E-state index is 13.3. The lowest BCUT2D eigenvalue weighted by Gasteiger charge is -2.03. The van der Waals surface area contributed by atoms with Gasteiger partial charge in [0.25, 0.3) is 0 Å². The molecule has 1 fully saturated rings. The molecule has 1 aliphatic rings. The molecule has 1 aromatic heterocycles. The fraction of sp³-hybridized carbons (Fsp3) is 0.357. The van der Waals surface area contributed by atoms with Crippen molar-refractivity contribution in [3.05, 3.63) is 33.5 Å². The number of nitrogens with zero attached hydrogens (tertiary/aromatic N) is 1. The van der Waals surface area contributed by atoms with Crippen LogP contribution in [-0.4, -0.2) is 4.98 Å². The van der Waals surface area contributed by atoms with Crippen LogP contribution in [0.4, 0.5) is 9.39 Å². The minimum Gasteiger partial charge on any atom is -0.389 e. The van der Waals surface area contributed by atoms with Gasteiger partial charge >= 0.3 is 0 Å². The van der Waals surface area contributed by atoms with Gasteiger partial charge in [0, 0.05) is 11.5 Å². The van der Waals surface area contributed by atoms with E-state index in [0.29, 0.717) is 10.4 Å². The van der Waals surface area contributed by atoms with E-state index in [1.807, 2.05) is 0 Å². The summed E-state index contributed by atoms with van der Waals surface area (Å²) in [6.07, 6.45) is 4.97. The Balaban J connectivity index is 1.97. The zero-order valence-corrected chi connectivity index (χ0v) is 12.7. The summed E-state index contributed by atoms with van der Waals surface area (Å²) < 4.78 is 13.7. The lowest BCUT2D eigenvalue weighted by Crippen LogP contribution is -1.91. The fourth-order valence-electron chi connectivity index (χ4n) is 2.55. The van der Waals surface area contributed by atoms with E-state index >= 15 is 0 Å². The Morgan fingerprint density at radius 1 is 1.32 bits per heavy atom. The SMILES string of the molecule is Nc1sc(C2CCCC2)nc1-c1ccc(F)c(Br)c1. The van der Waals surface area contributed by atoms with Gasteiger partial charge in [-0.3, -0.25) is 0 Å². The Morgan fingerprint density at radius 2 is 2.05 bits per heavy atom. The van der Waals surface area contributed by atoms with Gasteiger partial charge in [0.05, 0.1) is 9.48 Å². The number of nitrogen functional groups attached to an aromatic ring is 1. The Labute approximate surface area is 124 Å². The first-order valence-electron chi connectivity index (χ1n) is 6.37. The molecule has 3 rings (SSSR count). The average Bonchev–Trinajstić information content (AvgIpc) is 3.01. The number of hydrogen-bond acceptors (Lipinski definition) is 3. The summed E-state index contributed by atoms with van der Waals surface area (Å²) in [4.78, 5) is 4.68. The van der Waals surface area contributed by atoms with Crippen LogP contribution in [0.15, 0.2) is 22.7 Å². The number of hydrogen-bond donors (Lipinski definition) is 1. The maximum atomic E-state index is 13.3. The monoisotopic (exact) mass is 340 g/mol. The van der Waals surface area contributed by atoms with Crippen molar-refractivity contribution in [1.29, 1.82) is 0 Å². The first-order chi connectivity index (χ1) is 9.15. The smallest absolute Gasteiger partial charge is 0.137 e. The largest absolute Gasteiger partial charge is 0.389 e. The highest BCUT2D eigenvalue weighted by Gasteiger charge is 2.22. The molecule has 1 saturated carbocycles. The quantitative estimate of drug-likeness (QED) is 0.839. The Kier molecular flexibility index (Phi) is 3.58. The molecular weight excluding hydrogens is 327 g/mol. The Bertz CT molecular complexity index is 605. The molecule has 5 heteroatoms. The number of thiazole rings is 1. The summed E-state index contributed by atoms with van der Waals surface area (Å²) in [6, 6.07) is 4.90. The van der Waals surface area contributed by atoms with Crippen molar-refractivity contribution >= 4 is 32.3 Å². The molecule has 100 valence electrons. The molecule has 2 N–H and O–H groups in total. The number of benzene rings is 1. The molecule has 2 aromatic rings. The summed E-state index contributed by atoms with van der Waals surface area (Å²) in [7, 11) is 0. The molecule has 0 amide bonds. The molecule has 19 heavy (non-hydrogen) atoms. The van der Waals surface area contributed by atoms with Crippen molar-refractivity contribution in [1.82, 2.24) is 4.98 Å². The summed E-state index contributed by atoms with van der Waals surface area (Å²) in [6.45, 7) is 0. The van der Waals surface area contributed by atoms with Crippen LogP contribution in [-0.2, 0) is 0 Å². The van der Waals surface area contributed by atoms with Gasteiger partial charge in [-0.2, -0.15) is 0 Å². The van der Waals surface area contributed by atoms with E-state index in [2.05, 4.69) is 20.9 Å². The predicted octanol–water partition coefficient (Wildman–Crippen LogP) is 4.95. The molecular formula is C14H14BrFN2S. The van der Waals surface area contributed by atoms with Crippen LogP contribution in [0.5, 0.6) is 0 Å².